The molecule has 2 aromatic rings. The first-order valence-corrected chi connectivity index (χ1v) is 7.16. The van der Waals surface area contributed by atoms with Crippen molar-refractivity contribution < 1.29 is 13.2 Å². The first-order chi connectivity index (χ1) is 9.54. The summed E-state index contributed by atoms with van der Waals surface area (Å²) in [5, 5.41) is 5.77. The van der Waals surface area contributed by atoms with Gasteiger partial charge in [0.15, 0.2) is 0 Å². The first-order valence-electron chi connectivity index (χ1n) is 6.28. The van der Waals surface area contributed by atoms with E-state index < -0.39 is 18.6 Å². The van der Waals surface area contributed by atoms with E-state index >= 15 is 0 Å². The Labute approximate surface area is 119 Å². The highest BCUT2D eigenvalue weighted by molar-refractivity contribution is 7.09. The van der Waals surface area contributed by atoms with Crippen LogP contribution in [0.1, 0.15) is 23.0 Å². The van der Waals surface area contributed by atoms with Crippen molar-refractivity contribution in [2.45, 2.75) is 25.1 Å². The zero-order valence-corrected chi connectivity index (χ0v) is 11.5. The zero-order chi connectivity index (χ0) is 14.4. The number of nitrogens with one attached hydrogen (secondary N) is 1. The van der Waals surface area contributed by atoms with Gasteiger partial charge in [0.05, 0.1) is 11.4 Å². The monoisotopic (exact) mass is 300 g/mol. The number of hydrogen-bond acceptors (Lipinski definition) is 3. The molecule has 0 saturated heterocycles. The Hall–Kier alpha value is -1.40. The van der Waals surface area contributed by atoms with E-state index in [0.29, 0.717) is 18.5 Å². The predicted octanol–water partition coefficient (Wildman–Crippen LogP) is 3.97. The second-order valence-corrected chi connectivity index (χ2v) is 5.39. The maximum absolute atomic E-state index is 12.6. The second kappa shape index (κ2) is 6.85. The third kappa shape index (κ3) is 4.94. The van der Waals surface area contributed by atoms with Crippen LogP contribution >= 0.6 is 11.3 Å². The average molecular weight is 300 g/mol. The van der Waals surface area contributed by atoms with E-state index in [-0.39, 0.29) is 0 Å². The van der Waals surface area contributed by atoms with Crippen LogP contribution in [-0.2, 0) is 6.42 Å². The van der Waals surface area contributed by atoms with Crippen LogP contribution in [0.4, 0.5) is 13.2 Å². The van der Waals surface area contributed by atoms with Crippen LogP contribution in [0, 0.1) is 0 Å². The predicted molar refractivity (Wildman–Crippen MR) is 73.7 cm³/mol. The van der Waals surface area contributed by atoms with Gasteiger partial charge in [-0.2, -0.15) is 13.2 Å². The number of halogens is 3. The number of benzene rings is 1. The summed E-state index contributed by atoms with van der Waals surface area (Å²) in [6.45, 7) is 0.475. The summed E-state index contributed by atoms with van der Waals surface area (Å²) in [6, 6.07) is 8.02. The quantitative estimate of drug-likeness (QED) is 0.873. The van der Waals surface area contributed by atoms with Crippen molar-refractivity contribution in [2.75, 3.05) is 6.54 Å². The zero-order valence-electron chi connectivity index (χ0n) is 10.7. The van der Waals surface area contributed by atoms with Crippen molar-refractivity contribution in [3.63, 3.8) is 0 Å². The summed E-state index contributed by atoms with van der Waals surface area (Å²) in [4.78, 5) is 4.12. The Balaban J connectivity index is 1.96. The molecule has 0 saturated carbocycles. The van der Waals surface area contributed by atoms with Gasteiger partial charge in [-0.3, -0.25) is 0 Å². The Morgan fingerprint density at radius 3 is 2.55 bits per heavy atom. The molecule has 0 aliphatic rings. The van der Waals surface area contributed by atoms with Crippen LogP contribution in [0.2, 0.25) is 0 Å². The van der Waals surface area contributed by atoms with Gasteiger partial charge in [-0.25, -0.2) is 4.98 Å². The highest BCUT2D eigenvalue weighted by Gasteiger charge is 2.32. The van der Waals surface area contributed by atoms with Crippen LogP contribution in [0.5, 0.6) is 0 Å². The molecular formula is C14H15F3N2S. The molecule has 1 N–H and O–H groups in total. The lowest BCUT2D eigenvalue weighted by Gasteiger charge is -2.20. The van der Waals surface area contributed by atoms with Crippen LogP contribution in [0.25, 0.3) is 0 Å². The highest BCUT2D eigenvalue weighted by atomic mass is 32.1. The van der Waals surface area contributed by atoms with Crippen LogP contribution < -0.4 is 5.32 Å². The molecule has 6 heteroatoms. The minimum Gasteiger partial charge on any atom is -0.309 e. The molecule has 0 fully saturated rings. The Morgan fingerprint density at radius 1 is 1.20 bits per heavy atom. The molecule has 1 heterocycles. The Kier molecular flexibility index (Phi) is 5.14. The van der Waals surface area contributed by atoms with Gasteiger partial charge in [-0.05, 0) is 5.56 Å². The van der Waals surface area contributed by atoms with E-state index in [9.17, 15) is 13.2 Å². The lowest BCUT2D eigenvalue weighted by molar-refractivity contribution is -0.140. The van der Waals surface area contributed by atoms with Crippen LogP contribution in [0.3, 0.4) is 0 Å². The first kappa shape index (κ1) is 15.0. The van der Waals surface area contributed by atoms with Crippen molar-refractivity contribution in [1.82, 2.24) is 10.3 Å². The third-order valence-corrected chi connectivity index (χ3v) is 3.69. The summed E-state index contributed by atoms with van der Waals surface area (Å²) < 4.78 is 37.9. The largest absolute Gasteiger partial charge is 0.390 e. The van der Waals surface area contributed by atoms with Crippen molar-refractivity contribution in [2.24, 2.45) is 0 Å². The lowest BCUT2D eigenvalue weighted by atomic mass is 10.0. The smallest absolute Gasteiger partial charge is 0.309 e. The summed E-state index contributed by atoms with van der Waals surface area (Å²) >= 11 is 1.51. The minimum absolute atomic E-state index is 0.475. The van der Waals surface area contributed by atoms with Crippen molar-refractivity contribution >= 4 is 11.3 Å². The molecule has 1 aromatic heterocycles. The van der Waals surface area contributed by atoms with E-state index in [1.54, 1.807) is 36.5 Å². The van der Waals surface area contributed by atoms with E-state index in [1.807, 2.05) is 5.38 Å². The van der Waals surface area contributed by atoms with Gasteiger partial charge in [0.25, 0.3) is 0 Å². The summed E-state index contributed by atoms with van der Waals surface area (Å²) in [7, 11) is 0. The Morgan fingerprint density at radius 2 is 1.95 bits per heavy atom. The molecule has 1 unspecified atom stereocenters. The van der Waals surface area contributed by atoms with E-state index in [1.165, 1.54) is 11.3 Å². The minimum atomic E-state index is -4.19. The molecule has 0 bridgehead atoms. The molecule has 108 valence electrons. The normalized spacial score (nSPS) is 13.3. The molecular weight excluding hydrogens is 285 g/mol. The summed E-state index contributed by atoms with van der Waals surface area (Å²) in [6.07, 6.45) is -2.72. The maximum Gasteiger partial charge on any atom is 0.390 e. The molecule has 0 aliphatic heterocycles. The van der Waals surface area contributed by atoms with Gasteiger partial charge in [0.1, 0.15) is 0 Å². The van der Waals surface area contributed by atoms with Crippen molar-refractivity contribution in [1.29, 1.82) is 0 Å². The molecule has 2 nitrogen and oxygen atoms in total. The number of rotatable bonds is 6. The summed E-state index contributed by atoms with van der Waals surface area (Å²) in [5.74, 6) is 0. The third-order valence-electron chi connectivity index (χ3n) is 2.85. The molecule has 0 spiro atoms. The second-order valence-electron chi connectivity index (χ2n) is 4.41. The average Bonchev–Trinajstić information content (AvgIpc) is 2.90. The summed E-state index contributed by atoms with van der Waals surface area (Å²) in [5.41, 5.74) is 0.656. The van der Waals surface area contributed by atoms with Gasteiger partial charge in [0, 0.05) is 30.6 Å². The number of nitrogens with zero attached hydrogens (tertiary/aromatic N) is 1. The van der Waals surface area contributed by atoms with E-state index in [2.05, 4.69) is 10.3 Å². The highest BCUT2D eigenvalue weighted by Crippen LogP contribution is 2.29. The number of thiazole rings is 1. The molecule has 1 atom stereocenters. The SMILES string of the molecule is FC(F)(F)CC(NCCc1nccs1)c1ccccc1. The standard InChI is InChI=1S/C14H15F3N2S/c15-14(16,17)10-12(11-4-2-1-3-5-11)18-7-6-13-19-8-9-20-13/h1-5,8-9,12,18H,6-7,10H2. The fourth-order valence-corrected chi connectivity index (χ4v) is 2.57. The number of hydrogen-bond donors (Lipinski definition) is 1. The molecule has 20 heavy (non-hydrogen) atoms. The van der Waals surface area contributed by atoms with Gasteiger partial charge in [-0.1, -0.05) is 30.3 Å². The van der Waals surface area contributed by atoms with Crippen LogP contribution in [-0.4, -0.2) is 17.7 Å². The molecule has 0 amide bonds. The molecule has 1 aromatic carbocycles. The molecule has 0 aliphatic carbocycles. The van der Waals surface area contributed by atoms with Gasteiger partial charge in [-0.15, -0.1) is 11.3 Å². The fraction of sp³-hybridized carbons (Fsp3) is 0.357. The topological polar surface area (TPSA) is 24.9 Å². The van der Waals surface area contributed by atoms with Crippen molar-refractivity contribution in [3.05, 3.63) is 52.5 Å². The van der Waals surface area contributed by atoms with Crippen LogP contribution in [0.15, 0.2) is 41.9 Å². The number of alkyl halides is 3. The molecule has 2 rings (SSSR count). The maximum atomic E-state index is 12.6. The van der Waals surface area contributed by atoms with E-state index in [4.69, 9.17) is 0 Å². The van der Waals surface area contributed by atoms with E-state index in [0.717, 1.165) is 5.01 Å². The van der Waals surface area contributed by atoms with Crippen molar-refractivity contribution in [3.8, 4) is 0 Å². The van der Waals surface area contributed by atoms with Gasteiger partial charge < -0.3 is 5.32 Å². The van der Waals surface area contributed by atoms with Gasteiger partial charge in [0.2, 0.25) is 0 Å². The number of aromatic nitrogens is 1. The van der Waals surface area contributed by atoms with Gasteiger partial charge >= 0.3 is 6.18 Å². The fourth-order valence-electron chi connectivity index (χ4n) is 1.95. The molecule has 0 radical (unpaired) electrons. The Bertz CT molecular complexity index is 497. The lowest BCUT2D eigenvalue weighted by Crippen LogP contribution is -2.28.